The Morgan fingerprint density at radius 1 is 1.29 bits per heavy atom. The lowest BCUT2D eigenvalue weighted by Crippen LogP contribution is -2.14. The van der Waals surface area contributed by atoms with Gasteiger partial charge in [0, 0.05) is 11.6 Å². The number of non-ortho nitro benzene ring substituents is 1. The highest BCUT2D eigenvalue weighted by Crippen LogP contribution is 2.29. The number of aromatic nitrogens is 2. The Kier molecular flexibility index (Phi) is 5.90. The number of anilines is 1. The summed E-state index contributed by atoms with van der Waals surface area (Å²) in [6.07, 6.45) is 0. The molecule has 1 aromatic heterocycles. The molecule has 28 heavy (non-hydrogen) atoms. The van der Waals surface area contributed by atoms with Crippen LogP contribution in [0.3, 0.4) is 0 Å². The number of benzene rings is 2. The molecule has 0 unspecified atom stereocenters. The zero-order chi connectivity index (χ0) is 20.1. The number of hydrogen-bond acceptors (Lipinski definition) is 8. The van der Waals surface area contributed by atoms with Crippen molar-refractivity contribution < 1.29 is 18.9 Å². The van der Waals surface area contributed by atoms with E-state index in [0.29, 0.717) is 11.6 Å². The first-order chi connectivity index (χ1) is 13.5. The zero-order valence-electron chi connectivity index (χ0n) is 15.0. The van der Waals surface area contributed by atoms with Gasteiger partial charge in [-0.05, 0) is 25.1 Å². The molecule has 0 aliphatic rings. The van der Waals surface area contributed by atoms with Gasteiger partial charge in [-0.2, -0.15) is 0 Å². The van der Waals surface area contributed by atoms with Crippen molar-refractivity contribution >= 4 is 29.0 Å². The van der Waals surface area contributed by atoms with E-state index in [9.17, 15) is 14.9 Å². The molecule has 3 rings (SSSR count). The highest BCUT2D eigenvalue weighted by atomic mass is 32.2. The number of methoxy groups -OCH3 is 1. The van der Waals surface area contributed by atoms with E-state index >= 15 is 0 Å². The number of nitro benzene ring substituents is 1. The number of nitrogens with zero attached hydrogens (tertiary/aromatic N) is 3. The Labute approximate surface area is 164 Å². The Bertz CT molecular complexity index is 1020. The molecule has 1 N–H and O–H groups in total. The van der Waals surface area contributed by atoms with Gasteiger partial charge in [-0.25, -0.2) is 0 Å². The summed E-state index contributed by atoms with van der Waals surface area (Å²) >= 11 is 1.09. The van der Waals surface area contributed by atoms with Crippen LogP contribution < -0.4 is 10.1 Å². The minimum absolute atomic E-state index is 0.0234. The van der Waals surface area contributed by atoms with Gasteiger partial charge in [0.25, 0.3) is 10.9 Å². The van der Waals surface area contributed by atoms with Gasteiger partial charge in [-0.15, -0.1) is 10.2 Å². The number of carbonyl (C=O) groups is 1. The largest absolute Gasteiger partial charge is 0.494 e. The van der Waals surface area contributed by atoms with Crippen LogP contribution in [0.25, 0.3) is 11.5 Å². The van der Waals surface area contributed by atoms with Crippen LogP contribution in [-0.4, -0.2) is 33.9 Å². The fourth-order valence-corrected chi connectivity index (χ4v) is 2.94. The summed E-state index contributed by atoms with van der Waals surface area (Å²) in [5.41, 5.74) is 2.09. The van der Waals surface area contributed by atoms with Gasteiger partial charge in [0.2, 0.25) is 11.8 Å². The van der Waals surface area contributed by atoms with Crippen LogP contribution >= 0.6 is 11.8 Å². The quantitative estimate of drug-likeness (QED) is 0.362. The molecular weight excluding hydrogens is 384 g/mol. The fraction of sp³-hybridized carbons (Fsp3) is 0.167. The third-order valence-corrected chi connectivity index (χ3v) is 4.49. The molecule has 1 heterocycles. The van der Waals surface area contributed by atoms with Gasteiger partial charge in [0.05, 0.1) is 29.5 Å². The van der Waals surface area contributed by atoms with Crippen LogP contribution in [0, 0.1) is 17.0 Å². The van der Waals surface area contributed by atoms with Crippen molar-refractivity contribution in [3.8, 4) is 17.2 Å². The SMILES string of the molecule is COc1cc([N+](=O)[O-])ccc1NC(=O)CSc1nnc(-c2cccc(C)c2)o1. The Hall–Kier alpha value is -3.40. The number of nitro groups is 1. The average molecular weight is 400 g/mol. The molecule has 10 heteroatoms. The van der Waals surface area contributed by atoms with E-state index in [1.807, 2.05) is 31.2 Å². The maximum atomic E-state index is 12.2. The summed E-state index contributed by atoms with van der Waals surface area (Å²) in [6, 6.07) is 11.6. The summed E-state index contributed by atoms with van der Waals surface area (Å²) in [7, 11) is 1.37. The molecule has 0 aliphatic heterocycles. The molecule has 2 aromatic carbocycles. The maximum Gasteiger partial charge on any atom is 0.277 e. The van der Waals surface area contributed by atoms with Crippen molar-refractivity contribution in [2.45, 2.75) is 12.1 Å². The van der Waals surface area contributed by atoms with E-state index in [1.165, 1.54) is 25.3 Å². The number of hydrogen-bond donors (Lipinski definition) is 1. The lowest BCUT2D eigenvalue weighted by molar-refractivity contribution is -0.384. The molecule has 0 saturated carbocycles. The highest BCUT2D eigenvalue weighted by molar-refractivity contribution is 7.99. The van der Waals surface area contributed by atoms with Gasteiger partial charge >= 0.3 is 0 Å². The Morgan fingerprint density at radius 2 is 2.11 bits per heavy atom. The molecule has 1 amide bonds. The predicted molar refractivity (Wildman–Crippen MR) is 103 cm³/mol. The van der Waals surface area contributed by atoms with Crippen LogP contribution in [0.2, 0.25) is 0 Å². The first-order valence-corrected chi connectivity index (χ1v) is 9.10. The molecule has 0 saturated heterocycles. The van der Waals surface area contributed by atoms with Gasteiger partial charge < -0.3 is 14.5 Å². The maximum absolute atomic E-state index is 12.2. The Morgan fingerprint density at radius 3 is 2.82 bits per heavy atom. The standard InChI is InChI=1S/C18H16N4O5S/c1-11-4-3-5-12(8-11)17-20-21-18(27-17)28-10-16(23)19-14-7-6-13(22(24)25)9-15(14)26-2/h3-9H,10H2,1-2H3,(H,19,23). The molecule has 0 radical (unpaired) electrons. The summed E-state index contributed by atoms with van der Waals surface area (Å²) in [6.45, 7) is 1.96. The van der Waals surface area contributed by atoms with Crippen LogP contribution in [0.1, 0.15) is 5.56 Å². The second-order valence-corrected chi connectivity index (χ2v) is 6.65. The molecular formula is C18H16N4O5S. The van der Waals surface area contributed by atoms with Crippen molar-refractivity contribution in [2.24, 2.45) is 0 Å². The summed E-state index contributed by atoms with van der Waals surface area (Å²) in [5, 5.41) is 21.7. The summed E-state index contributed by atoms with van der Waals surface area (Å²) in [4.78, 5) is 22.5. The summed E-state index contributed by atoms with van der Waals surface area (Å²) in [5.74, 6) is 0.262. The van der Waals surface area contributed by atoms with Crippen molar-refractivity contribution in [3.63, 3.8) is 0 Å². The topological polar surface area (TPSA) is 120 Å². The van der Waals surface area contributed by atoms with Crippen LogP contribution in [0.15, 0.2) is 52.1 Å². The number of aryl methyl sites for hydroxylation is 1. The van der Waals surface area contributed by atoms with E-state index < -0.39 is 4.92 Å². The van der Waals surface area contributed by atoms with Crippen LogP contribution in [-0.2, 0) is 4.79 Å². The van der Waals surface area contributed by atoms with Gasteiger partial charge in [0.15, 0.2) is 0 Å². The minimum Gasteiger partial charge on any atom is -0.494 e. The molecule has 3 aromatic rings. The lowest BCUT2D eigenvalue weighted by Gasteiger charge is -2.09. The molecule has 0 bridgehead atoms. The first kappa shape index (κ1) is 19.4. The van der Waals surface area contributed by atoms with E-state index in [0.717, 1.165) is 22.9 Å². The van der Waals surface area contributed by atoms with Crippen molar-refractivity contribution in [1.29, 1.82) is 0 Å². The average Bonchev–Trinajstić information content (AvgIpc) is 3.15. The molecule has 0 fully saturated rings. The van der Waals surface area contributed by atoms with E-state index in [-0.39, 0.29) is 28.3 Å². The number of nitrogens with one attached hydrogen (secondary N) is 1. The Balaban J connectivity index is 1.61. The van der Waals surface area contributed by atoms with Crippen LogP contribution in [0.5, 0.6) is 5.75 Å². The number of ether oxygens (including phenoxy) is 1. The molecule has 144 valence electrons. The lowest BCUT2D eigenvalue weighted by atomic mass is 10.1. The molecule has 0 atom stereocenters. The van der Waals surface area contributed by atoms with Crippen LogP contribution in [0.4, 0.5) is 11.4 Å². The second kappa shape index (κ2) is 8.53. The van der Waals surface area contributed by atoms with Crippen molar-refractivity contribution in [1.82, 2.24) is 10.2 Å². The van der Waals surface area contributed by atoms with E-state index in [4.69, 9.17) is 9.15 Å². The number of carbonyl (C=O) groups excluding carboxylic acids is 1. The van der Waals surface area contributed by atoms with Gasteiger partial charge in [0.1, 0.15) is 5.75 Å². The summed E-state index contributed by atoms with van der Waals surface area (Å²) < 4.78 is 10.7. The normalized spacial score (nSPS) is 10.5. The predicted octanol–water partition coefficient (Wildman–Crippen LogP) is 3.69. The fourth-order valence-electron chi connectivity index (χ4n) is 2.37. The smallest absolute Gasteiger partial charge is 0.277 e. The number of rotatable bonds is 7. The minimum atomic E-state index is -0.536. The van der Waals surface area contributed by atoms with Gasteiger partial charge in [-0.1, -0.05) is 29.5 Å². The van der Waals surface area contributed by atoms with Crippen molar-refractivity contribution in [2.75, 3.05) is 18.2 Å². The zero-order valence-corrected chi connectivity index (χ0v) is 15.9. The first-order valence-electron chi connectivity index (χ1n) is 8.12. The molecule has 0 spiro atoms. The third-order valence-electron chi connectivity index (χ3n) is 3.67. The van der Waals surface area contributed by atoms with E-state index in [1.54, 1.807) is 0 Å². The van der Waals surface area contributed by atoms with Crippen molar-refractivity contribution in [3.05, 3.63) is 58.1 Å². The van der Waals surface area contributed by atoms with E-state index in [2.05, 4.69) is 15.5 Å². The molecule has 0 aliphatic carbocycles. The highest BCUT2D eigenvalue weighted by Gasteiger charge is 2.15. The third kappa shape index (κ3) is 4.65. The monoisotopic (exact) mass is 400 g/mol. The number of thioether (sulfide) groups is 1. The second-order valence-electron chi connectivity index (χ2n) is 5.72. The number of amides is 1. The van der Waals surface area contributed by atoms with Gasteiger partial charge in [-0.3, -0.25) is 14.9 Å². The molecule has 9 nitrogen and oxygen atoms in total.